The van der Waals surface area contributed by atoms with Crippen LogP contribution in [0.2, 0.25) is 0 Å². The number of urea groups is 1. The molecule has 1 aliphatic rings. The molecule has 7 nitrogen and oxygen atoms in total. The number of ether oxygens (including phenoxy) is 2. The van der Waals surface area contributed by atoms with E-state index in [4.69, 9.17) is 9.47 Å². The number of aromatic nitrogens is 1. The highest BCUT2D eigenvalue weighted by Crippen LogP contribution is 2.22. The molecular weight excluding hydrogens is 406 g/mol. The molecule has 1 unspecified atom stereocenters. The number of pyridine rings is 1. The first-order chi connectivity index (χ1) is 15.7. The zero-order chi connectivity index (χ0) is 22.2. The molecule has 1 saturated heterocycles. The van der Waals surface area contributed by atoms with E-state index in [1.54, 1.807) is 29.3 Å². The van der Waals surface area contributed by atoms with Gasteiger partial charge in [-0.25, -0.2) is 4.79 Å². The molecule has 4 rings (SSSR count). The van der Waals surface area contributed by atoms with Crippen LogP contribution in [0.4, 0.5) is 10.5 Å². The number of hydrogen-bond donors (Lipinski definition) is 2. The molecule has 0 saturated carbocycles. The fourth-order valence-electron chi connectivity index (χ4n) is 3.61. The molecule has 0 aliphatic carbocycles. The summed E-state index contributed by atoms with van der Waals surface area (Å²) in [6.45, 7) is 1.80. The van der Waals surface area contributed by atoms with Gasteiger partial charge in [-0.1, -0.05) is 30.3 Å². The van der Waals surface area contributed by atoms with Crippen molar-refractivity contribution in [3.8, 4) is 11.5 Å². The van der Waals surface area contributed by atoms with Crippen LogP contribution in [-0.2, 0) is 17.9 Å². The Kier molecular flexibility index (Phi) is 7.19. The Morgan fingerprint density at radius 3 is 2.81 bits per heavy atom. The number of benzene rings is 2. The second-order valence-electron chi connectivity index (χ2n) is 7.71. The van der Waals surface area contributed by atoms with Crippen LogP contribution in [0.25, 0.3) is 0 Å². The lowest BCUT2D eigenvalue weighted by Crippen LogP contribution is -2.39. The number of phenolic OH excluding ortho intramolecular Hbond substituents is 1. The number of nitrogens with zero attached hydrogens (tertiary/aromatic N) is 2. The number of hydrogen-bond acceptors (Lipinski definition) is 5. The molecule has 2 amide bonds. The third-order valence-electron chi connectivity index (χ3n) is 5.29. The van der Waals surface area contributed by atoms with Gasteiger partial charge in [-0.2, -0.15) is 0 Å². The molecule has 1 fully saturated rings. The fourth-order valence-corrected chi connectivity index (χ4v) is 3.61. The van der Waals surface area contributed by atoms with Crippen molar-refractivity contribution in [1.82, 2.24) is 9.88 Å². The van der Waals surface area contributed by atoms with Crippen molar-refractivity contribution in [3.05, 3.63) is 84.2 Å². The number of amides is 2. The summed E-state index contributed by atoms with van der Waals surface area (Å²) >= 11 is 0. The van der Waals surface area contributed by atoms with Crippen molar-refractivity contribution in [3.63, 3.8) is 0 Å². The second kappa shape index (κ2) is 10.6. The van der Waals surface area contributed by atoms with Crippen molar-refractivity contribution >= 4 is 11.7 Å². The topological polar surface area (TPSA) is 83.9 Å². The third-order valence-corrected chi connectivity index (χ3v) is 5.29. The first-order valence-electron chi connectivity index (χ1n) is 10.7. The average molecular weight is 434 g/mol. The van der Waals surface area contributed by atoms with E-state index in [2.05, 4.69) is 10.3 Å². The lowest BCUT2D eigenvalue weighted by molar-refractivity contribution is 0.0817. The van der Waals surface area contributed by atoms with E-state index in [-0.39, 0.29) is 24.4 Å². The van der Waals surface area contributed by atoms with Crippen LogP contribution in [0.15, 0.2) is 72.9 Å². The summed E-state index contributed by atoms with van der Waals surface area (Å²) < 4.78 is 11.5. The quantitative estimate of drug-likeness (QED) is 0.543. The van der Waals surface area contributed by atoms with Crippen molar-refractivity contribution < 1.29 is 19.4 Å². The third kappa shape index (κ3) is 5.98. The monoisotopic (exact) mass is 433 g/mol. The second-order valence-corrected chi connectivity index (χ2v) is 7.71. The summed E-state index contributed by atoms with van der Waals surface area (Å²) in [5.41, 5.74) is 2.14. The van der Waals surface area contributed by atoms with E-state index in [0.29, 0.717) is 36.8 Å². The number of para-hydroxylation sites is 1. The molecule has 2 N–H and O–H groups in total. The molecule has 166 valence electrons. The van der Waals surface area contributed by atoms with E-state index in [0.717, 1.165) is 18.5 Å². The molecule has 1 atom stereocenters. The van der Waals surface area contributed by atoms with Crippen LogP contribution < -0.4 is 10.1 Å². The Bertz CT molecular complexity index is 1020. The van der Waals surface area contributed by atoms with Crippen LogP contribution in [0.3, 0.4) is 0 Å². The maximum absolute atomic E-state index is 13.1. The molecule has 2 heterocycles. The van der Waals surface area contributed by atoms with Gasteiger partial charge in [-0.15, -0.1) is 0 Å². The molecule has 32 heavy (non-hydrogen) atoms. The van der Waals surface area contributed by atoms with Crippen LogP contribution >= 0.6 is 0 Å². The maximum Gasteiger partial charge on any atom is 0.322 e. The van der Waals surface area contributed by atoms with Gasteiger partial charge in [0.25, 0.3) is 0 Å². The van der Waals surface area contributed by atoms with Crippen molar-refractivity contribution in [1.29, 1.82) is 0 Å². The first-order valence-corrected chi connectivity index (χ1v) is 10.7. The van der Waals surface area contributed by atoms with Crippen molar-refractivity contribution in [2.24, 2.45) is 0 Å². The average Bonchev–Trinajstić information content (AvgIpc) is 3.33. The van der Waals surface area contributed by atoms with Gasteiger partial charge in [0, 0.05) is 36.7 Å². The van der Waals surface area contributed by atoms with Gasteiger partial charge in [0.1, 0.15) is 18.1 Å². The van der Waals surface area contributed by atoms with Crippen LogP contribution in [-0.4, -0.2) is 40.3 Å². The SMILES string of the molecule is O=C(Nc1cccc(OCc2ccccn2)c1)N(Cc1ccccc1O)CC1CCCO1. The van der Waals surface area contributed by atoms with Gasteiger partial charge in [-0.3, -0.25) is 4.98 Å². The lowest BCUT2D eigenvalue weighted by atomic mass is 10.1. The van der Waals surface area contributed by atoms with Gasteiger partial charge in [-0.05, 0) is 43.2 Å². The number of nitrogens with one attached hydrogen (secondary N) is 1. The van der Waals surface area contributed by atoms with E-state index in [1.807, 2.05) is 48.5 Å². The molecule has 3 aromatic rings. The molecular formula is C25H27N3O4. The Hall–Kier alpha value is -3.58. The summed E-state index contributed by atoms with van der Waals surface area (Å²) in [4.78, 5) is 19.1. The number of phenols is 1. The zero-order valence-corrected chi connectivity index (χ0v) is 17.8. The number of carbonyl (C=O) groups excluding carboxylic acids is 1. The Morgan fingerprint density at radius 2 is 2.03 bits per heavy atom. The van der Waals surface area contributed by atoms with Crippen molar-refractivity contribution in [2.45, 2.75) is 32.1 Å². The predicted octanol–water partition coefficient (Wildman–Crippen LogP) is 4.58. The number of carbonyl (C=O) groups is 1. The molecule has 1 aliphatic heterocycles. The van der Waals surface area contributed by atoms with Gasteiger partial charge in [0.15, 0.2) is 0 Å². The van der Waals surface area contributed by atoms with Gasteiger partial charge < -0.3 is 24.8 Å². The number of rotatable bonds is 8. The van der Waals surface area contributed by atoms with E-state index in [9.17, 15) is 9.90 Å². The van der Waals surface area contributed by atoms with Crippen LogP contribution in [0.5, 0.6) is 11.5 Å². The smallest absolute Gasteiger partial charge is 0.322 e. The minimum Gasteiger partial charge on any atom is -0.508 e. The summed E-state index contributed by atoms with van der Waals surface area (Å²) in [5.74, 6) is 0.808. The van der Waals surface area contributed by atoms with Gasteiger partial charge in [0.05, 0.1) is 18.3 Å². The highest BCUT2D eigenvalue weighted by molar-refractivity contribution is 5.89. The Labute approximate surface area is 187 Å². The summed E-state index contributed by atoms with van der Waals surface area (Å²) in [5, 5.41) is 13.1. The minimum absolute atomic E-state index is 0.000329. The highest BCUT2D eigenvalue weighted by Gasteiger charge is 2.23. The van der Waals surface area contributed by atoms with Gasteiger partial charge in [0.2, 0.25) is 0 Å². The summed E-state index contributed by atoms with van der Waals surface area (Å²) in [6.07, 6.45) is 3.63. The van der Waals surface area contributed by atoms with Crippen LogP contribution in [0, 0.1) is 0 Å². The summed E-state index contributed by atoms with van der Waals surface area (Å²) in [7, 11) is 0. The standard InChI is InChI=1S/C25H27N3O4/c29-24-12-2-1-7-19(24)16-28(17-23-11-6-14-31-23)25(30)27-20-9-5-10-22(15-20)32-18-21-8-3-4-13-26-21/h1-5,7-10,12-13,15,23,29H,6,11,14,16-18H2,(H,27,30). The largest absolute Gasteiger partial charge is 0.508 e. The van der Waals surface area contributed by atoms with Crippen LogP contribution in [0.1, 0.15) is 24.1 Å². The number of aromatic hydroxyl groups is 1. The Balaban J connectivity index is 1.43. The Morgan fingerprint density at radius 1 is 1.16 bits per heavy atom. The summed E-state index contributed by atoms with van der Waals surface area (Å²) in [6, 6.07) is 19.7. The van der Waals surface area contributed by atoms with E-state index in [1.165, 1.54) is 0 Å². The maximum atomic E-state index is 13.1. The van der Waals surface area contributed by atoms with Gasteiger partial charge >= 0.3 is 6.03 Å². The number of anilines is 1. The molecule has 1 aromatic heterocycles. The molecule has 0 bridgehead atoms. The van der Waals surface area contributed by atoms with E-state index < -0.39 is 0 Å². The lowest BCUT2D eigenvalue weighted by Gasteiger charge is -2.26. The first kappa shape index (κ1) is 21.6. The fraction of sp³-hybridized carbons (Fsp3) is 0.280. The predicted molar refractivity (Wildman–Crippen MR) is 122 cm³/mol. The minimum atomic E-state index is -0.259. The molecule has 0 spiro atoms. The normalized spacial score (nSPS) is 15.3. The van der Waals surface area contributed by atoms with Crippen molar-refractivity contribution in [2.75, 3.05) is 18.5 Å². The molecule has 2 aromatic carbocycles. The zero-order valence-electron chi connectivity index (χ0n) is 17.8. The highest BCUT2D eigenvalue weighted by atomic mass is 16.5. The molecule has 0 radical (unpaired) electrons. The molecule has 7 heteroatoms. The van der Waals surface area contributed by atoms with E-state index >= 15 is 0 Å².